The minimum atomic E-state index is -0.274. The number of allylic oxidation sites excluding steroid dienone is 1. The molecule has 9 heteroatoms. The zero-order valence-corrected chi connectivity index (χ0v) is 26.7. The topological polar surface area (TPSA) is 116 Å². The molecule has 0 saturated carbocycles. The van der Waals surface area contributed by atoms with E-state index >= 15 is 0 Å². The van der Waals surface area contributed by atoms with E-state index in [9.17, 15) is 4.79 Å². The summed E-state index contributed by atoms with van der Waals surface area (Å²) in [6.07, 6.45) is 8.40. The number of nitrogens with zero attached hydrogens (tertiary/aromatic N) is 1. The van der Waals surface area contributed by atoms with E-state index < -0.39 is 0 Å². The number of carbonyl (C=O) groups is 1. The molecule has 0 amide bonds. The average molecular weight is 588 g/mol. The fourth-order valence-electron chi connectivity index (χ4n) is 4.02. The summed E-state index contributed by atoms with van der Waals surface area (Å²) in [5, 5.41) is 16.5. The first kappa shape index (κ1) is 38.1. The quantitative estimate of drug-likeness (QED) is 0.0337. The first-order chi connectivity index (χ1) is 19.6. The first-order valence-corrected chi connectivity index (χ1v) is 15.8. The van der Waals surface area contributed by atoms with Gasteiger partial charge in [-0.3, -0.25) is 4.99 Å². The highest BCUT2D eigenvalue weighted by Gasteiger charge is 2.16. The van der Waals surface area contributed by atoms with Crippen LogP contribution in [0.5, 0.6) is 0 Å². The van der Waals surface area contributed by atoms with E-state index in [2.05, 4.69) is 98.5 Å². The zero-order chi connectivity index (χ0) is 31.2. The highest BCUT2D eigenvalue weighted by atomic mass is 32.2. The molecular formula is C32H57N7OS. The maximum Gasteiger partial charge on any atom is 0.142 e. The summed E-state index contributed by atoms with van der Waals surface area (Å²) in [5.41, 5.74) is 8.85. The van der Waals surface area contributed by atoms with E-state index in [-0.39, 0.29) is 24.2 Å². The number of hydrogen-bond donors (Lipinski definition) is 6. The van der Waals surface area contributed by atoms with Gasteiger partial charge in [0.2, 0.25) is 0 Å². The molecule has 41 heavy (non-hydrogen) atoms. The summed E-state index contributed by atoms with van der Waals surface area (Å²) in [4.78, 5) is 15.7. The van der Waals surface area contributed by atoms with E-state index in [1.165, 1.54) is 0 Å². The number of rotatable bonds is 28. The normalized spacial score (nSPS) is 14.2. The standard InChI is InChI=1S/C32H57N7OS/c1-11-16-23(4)25(6)38-29(12-2)21-41-22-32(34-10)27(8)37-28(9)35-19-24(5)36-31(13-3)26(7)39-30(20-40)17-14-15-18-33/h12,20,23,29-32,35-39H,2,5-11,13-19,21-22,33H2,1,3-4H3. The van der Waals surface area contributed by atoms with Crippen LogP contribution in [0.4, 0.5) is 0 Å². The van der Waals surface area contributed by atoms with Crippen molar-refractivity contribution in [3.8, 4) is 0 Å². The Labute approximate surface area is 254 Å². The summed E-state index contributed by atoms with van der Waals surface area (Å²) in [5.74, 6) is 2.58. The van der Waals surface area contributed by atoms with Crippen LogP contribution in [0.25, 0.3) is 0 Å². The third kappa shape index (κ3) is 16.8. The zero-order valence-electron chi connectivity index (χ0n) is 25.9. The largest absolute Gasteiger partial charge is 0.382 e. The van der Waals surface area contributed by atoms with E-state index in [4.69, 9.17) is 5.73 Å². The molecule has 5 unspecified atom stereocenters. The molecule has 0 saturated heterocycles. The molecular weight excluding hydrogens is 530 g/mol. The molecule has 0 aliphatic heterocycles. The van der Waals surface area contributed by atoms with Crippen LogP contribution in [0.1, 0.15) is 59.3 Å². The Kier molecular flexibility index (Phi) is 21.1. The van der Waals surface area contributed by atoms with E-state index in [0.29, 0.717) is 30.5 Å². The lowest BCUT2D eigenvalue weighted by molar-refractivity contribution is -0.109. The van der Waals surface area contributed by atoms with Crippen molar-refractivity contribution in [2.24, 2.45) is 16.6 Å². The average Bonchev–Trinajstić information content (AvgIpc) is 2.95. The number of aldehydes is 1. The summed E-state index contributed by atoms with van der Waals surface area (Å²) >= 11 is 1.76. The fourth-order valence-corrected chi connectivity index (χ4v) is 5.15. The van der Waals surface area contributed by atoms with Crippen molar-refractivity contribution in [1.82, 2.24) is 26.6 Å². The molecule has 0 aliphatic carbocycles. The molecule has 0 heterocycles. The van der Waals surface area contributed by atoms with Crippen LogP contribution in [0, 0.1) is 5.92 Å². The van der Waals surface area contributed by atoms with Crippen molar-refractivity contribution in [1.29, 1.82) is 0 Å². The van der Waals surface area contributed by atoms with Crippen molar-refractivity contribution < 1.29 is 4.79 Å². The van der Waals surface area contributed by atoms with Gasteiger partial charge >= 0.3 is 0 Å². The Morgan fingerprint density at radius 3 is 2.20 bits per heavy atom. The van der Waals surface area contributed by atoms with Crippen LogP contribution in [-0.4, -0.2) is 61.8 Å². The molecule has 8 nitrogen and oxygen atoms in total. The molecule has 0 aromatic heterocycles. The maximum atomic E-state index is 11.5. The first-order valence-electron chi connectivity index (χ1n) is 14.6. The summed E-state index contributed by atoms with van der Waals surface area (Å²) in [6.45, 7) is 35.9. The van der Waals surface area contributed by atoms with Crippen molar-refractivity contribution in [2.45, 2.75) is 83.5 Å². The van der Waals surface area contributed by atoms with Gasteiger partial charge < -0.3 is 37.1 Å². The number of aliphatic imine (C=N–C) groups is 1. The van der Waals surface area contributed by atoms with E-state index in [0.717, 1.165) is 73.4 Å². The lowest BCUT2D eigenvalue weighted by atomic mass is 10.0. The van der Waals surface area contributed by atoms with Gasteiger partial charge in [0.15, 0.2) is 0 Å². The molecule has 0 spiro atoms. The number of unbranched alkanes of at least 4 members (excludes halogenated alkanes) is 1. The second kappa shape index (κ2) is 22.7. The van der Waals surface area contributed by atoms with Gasteiger partial charge in [-0.2, -0.15) is 11.8 Å². The minimum Gasteiger partial charge on any atom is -0.382 e. The van der Waals surface area contributed by atoms with E-state index in [1.807, 2.05) is 6.08 Å². The van der Waals surface area contributed by atoms with Gasteiger partial charge in [0.05, 0.1) is 36.5 Å². The molecule has 232 valence electrons. The number of carbonyl (C=O) groups excluding carboxylic acids is 1. The molecule has 0 aromatic rings. The Bertz CT molecular complexity index is 872. The smallest absolute Gasteiger partial charge is 0.142 e. The molecule has 0 rings (SSSR count). The van der Waals surface area contributed by atoms with Crippen molar-refractivity contribution in [2.75, 3.05) is 24.6 Å². The highest BCUT2D eigenvalue weighted by molar-refractivity contribution is 7.99. The number of thioether (sulfide) groups is 1. The van der Waals surface area contributed by atoms with Crippen LogP contribution in [0.2, 0.25) is 0 Å². The molecule has 5 atom stereocenters. The van der Waals surface area contributed by atoms with Gasteiger partial charge in [0, 0.05) is 34.3 Å². The van der Waals surface area contributed by atoms with Crippen LogP contribution in [0.3, 0.4) is 0 Å². The van der Waals surface area contributed by atoms with E-state index in [1.54, 1.807) is 11.8 Å². The minimum absolute atomic E-state index is 0.0651. The summed E-state index contributed by atoms with van der Waals surface area (Å²) < 4.78 is 0. The van der Waals surface area contributed by atoms with Gasteiger partial charge in [-0.1, -0.05) is 66.2 Å². The molecule has 0 aliphatic rings. The summed E-state index contributed by atoms with van der Waals surface area (Å²) in [6, 6.07) is -0.386. The van der Waals surface area contributed by atoms with Gasteiger partial charge in [0.25, 0.3) is 0 Å². The maximum absolute atomic E-state index is 11.5. The predicted molar refractivity (Wildman–Crippen MR) is 182 cm³/mol. The SMILES string of the molecule is C=CC(CSCC(N=C)C(=C)NC(=C)NCC(=C)NC(CC)C(=C)NC(C=O)CCCCN)NC(=C)C(C)CCC. The number of nitrogens with two attached hydrogens (primary N) is 1. The molecule has 0 fully saturated rings. The second-order valence-corrected chi connectivity index (χ2v) is 11.4. The Morgan fingerprint density at radius 1 is 0.951 bits per heavy atom. The van der Waals surface area contributed by atoms with Crippen LogP contribution < -0.4 is 32.3 Å². The summed E-state index contributed by atoms with van der Waals surface area (Å²) in [7, 11) is 0. The van der Waals surface area contributed by atoms with Gasteiger partial charge in [-0.25, -0.2) is 0 Å². The molecule has 0 aromatic carbocycles. The lowest BCUT2D eigenvalue weighted by Gasteiger charge is -2.26. The van der Waals surface area contributed by atoms with Crippen LogP contribution in [-0.2, 0) is 4.79 Å². The van der Waals surface area contributed by atoms with Gasteiger partial charge in [0.1, 0.15) is 6.29 Å². The number of hydrogen-bond acceptors (Lipinski definition) is 9. The van der Waals surface area contributed by atoms with Crippen LogP contribution >= 0.6 is 11.8 Å². The highest BCUT2D eigenvalue weighted by Crippen LogP contribution is 2.16. The van der Waals surface area contributed by atoms with Crippen LogP contribution in [0.15, 0.2) is 79.2 Å². The third-order valence-electron chi connectivity index (χ3n) is 6.71. The molecule has 0 radical (unpaired) electrons. The van der Waals surface area contributed by atoms with Gasteiger partial charge in [-0.15, -0.1) is 6.58 Å². The lowest BCUT2D eigenvalue weighted by Crippen LogP contribution is -2.41. The monoisotopic (exact) mass is 587 g/mol. The van der Waals surface area contributed by atoms with Crippen molar-refractivity contribution in [3.05, 3.63) is 74.2 Å². The third-order valence-corrected chi connectivity index (χ3v) is 7.85. The predicted octanol–water partition coefficient (Wildman–Crippen LogP) is 4.73. The Balaban J connectivity index is 4.61. The Hall–Kier alpha value is -2.91. The van der Waals surface area contributed by atoms with Gasteiger partial charge in [-0.05, 0) is 51.3 Å². The number of nitrogens with one attached hydrogen (secondary N) is 5. The van der Waals surface area contributed by atoms with Crippen molar-refractivity contribution in [3.63, 3.8) is 0 Å². The Morgan fingerprint density at radius 2 is 1.63 bits per heavy atom. The molecule has 7 N–H and O–H groups in total. The van der Waals surface area contributed by atoms with Crippen molar-refractivity contribution >= 4 is 24.8 Å². The molecule has 0 bridgehead atoms. The second-order valence-electron chi connectivity index (χ2n) is 10.3. The fraction of sp³-hybridized carbons (Fsp3) is 0.562.